The van der Waals surface area contributed by atoms with Crippen LogP contribution in [0.15, 0.2) is 0 Å². The third kappa shape index (κ3) is 4.69. The number of carbonyl (C=O) groups is 1. The van der Waals surface area contributed by atoms with Gasteiger partial charge in [0, 0.05) is 19.6 Å². The highest BCUT2D eigenvalue weighted by Gasteiger charge is 2.16. The molecule has 1 saturated heterocycles. The largest absolute Gasteiger partial charge is 0.378 e. The van der Waals surface area contributed by atoms with E-state index in [0.717, 1.165) is 25.9 Å². The van der Waals surface area contributed by atoms with Crippen molar-refractivity contribution >= 4 is 5.78 Å². The fourth-order valence-electron chi connectivity index (χ4n) is 1.54. The van der Waals surface area contributed by atoms with Crippen molar-refractivity contribution in [3.8, 4) is 0 Å². The van der Waals surface area contributed by atoms with Crippen LogP contribution in [0.3, 0.4) is 0 Å². The molecular weight excluding hydrogens is 182 g/mol. The Hall–Kier alpha value is -0.450. The highest BCUT2D eigenvalue weighted by atomic mass is 16.5. The number of hydrogen-bond donors (Lipinski definition) is 1. The number of carbonyl (C=O) groups excluding carboxylic acids is 1. The Morgan fingerprint density at radius 2 is 2.43 bits per heavy atom. The summed E-state index contributed by atoms with van der Waals surface area (Å²) in [4.78, 5) is 11.3. The number of ketones is 1. The van der Waals surface area contributed by atoms with Gasteiger partial charge in [0.25, 0.3) is 0 Å². The molecule has 0 radical (unpaired) electrons. The first-order valence-electron chi connectivity index (χ1n) is 5.24. The first-order valence-corrected chi connectivity index (χ1v) is 5.24. The summed E-state index contributed by atoms with van der Waals surface area (Å²) in [6.45, 7) is 1.98. The normalized spacial score (nSPS) is 21.4. The van der Waals surface area contributed by atoms with E-state index in [4.69, 9.17) is 15.2 Å². The highest BCUT2D eigenvalue weighted by Crippen LogP contribution is 2.16. The molecule has 1 heterocycles. The average Bonchev–Trinajstić information content (AvgIpc) is 2.68. The van der Waals surface area contributed by atoms with Gasteiger partial charge in [-0.2, -0.15) is 0 Å². The molecule has 0 aliphatic carbocycles. The maximum Gasteiger partial charge on any atom is 0.158 e. The monoisotopic (exact) mass is 201 g/mol. The van der Waals surface area contributed by atoms with Crippen LogP contribution >= 0.6 is 0 Å². The highest BCUT2D eigenvalue weighted by molar-refractivity contribution is 5.79. The SMILES string of the molecule is NCCOCC(=O)CCC1CCCO1. The summed E-state index contributed by atoms with van der Waals surface area (Å²) in [5, 5.41) is 0. The van der Waals surface area contributed by atoms with Gasteiger partial charge < -0.3 is 15.2 Å². The molecule has 14 heavy (non-hydrogen) atoms. The minimum absolute atomic E-state index is 0.147. The van der Waals surface area contributed by atoms with Crippen molar-refractivity contribution in [1.29, 1.82) is 0 Å². The van der Waals surface area contributed by atoms with E-state index in [1.807, 2.05) is 0 Å². The van der Waals surface area contributed by atoms with Crippen LogP contribution in [0.4, 0.5) is 0 Å². The molecule has 4 nitrogen and oxygen atoms in total. The molecule has 1 aliphatic heterocycles. The molecule has 82 valence electrons. The maximum absolute atomic E-state index is 11.3. The molecule has 1 rings (SSSR count). The summed E-state index contributed by atoms with van der Waals surface area (Å²) in [5.41, 5.74) is 5.23. The predicted octanol–water partition coefficient (Wildman–Crippen LogP) is 0.490. The zero-order valence-corrected chi connectivity index (χ0v) is 8.54. The van der Waals surface area contributed by atoms with Gasteiger partial charge in [-0.1, -0.05) is 0 Å². The van der Waals surface area contributed by atoms with Crippen LogP contribution < -0.4 is 5.73 Å². The quantitative estimate of drug-likeness (QED) is 0.609. The Morgan fingerprint density at radius 3 is 3.07 bits per heavy atom. The summed E-state index contributed by atoms with van der Waals surface area (Å²) in [6, 6.07) is 0. The van der Waals surface area contributed by atoms with E-state index < -0.39 is 0 Å². The molecule has 4 heteroatoms. The Labute approximate surface area is 84.7 Å². The van der Waals surface area contributed by atoms with Crippen LogP contribution in [0.2, 0.25) is 0 Å². The second-order valence-electron chi connectivity index (χ2n) is 3.55. The van der Waals surface area contributed by atoms with E-state index in [0.29, 0.717) is 25.7 Å². The van der Waals surface area contributed by atoms with Crippen molar-refractivity contribution in [2.24, 2.45) is 5.73 Å². The van der Waals surface area contributed by atoms with Crippen molar-refractivity contribution in [3.05, 3.63) is 0 Å². The molecule has 0 aromatic carbocycles. The molecule has 1 atom stereocenters. The van der Waals surface area contributed by atoms with Crippen LogP contribution in [0, 0.1) is 0 Å². The molecule has 0 spiro atoms. The number of hydrogen-bond acceptors (Lipinski definition) is 4. The van der Waals surface area contributed by atoms with Gasteiger partial charge in [0.2, 0.25) is 0 Å². The van der Waals surface area contributed by atoms with Gasteiger partial charge in [-0.05, 0) is 19.3 Å². The van der Waals surface area contributed by atoms with Gasteiger partial charge in [0.15, 0.2) is 5.78 Å². The summed E-state index contributed by atoms with van der Waals surface area (Å²) >= 11 is 0. The second kappa shape index (κ2) is 6.92. The third-order valence-corrected chi connectivity index (χ3v) is 2.29. The summed E-state index contributed by atoms with van der Waals surface area (Å²) in [7, 11) is 0. The lowest BCUT2D eigenvalue weighted by molar-refractivity contribution is -0.124. The van der Waals surface area contributed by atoms with Crippen LogP contribution in [0.25, 0.3) is 0 Å². The van der Waals surface area contributed by atoms with Crippen LogP contribution in [0.1, 0.15) is 25.7 Å². The molecular formula is C10H19NO3. The lowest BCUT2D eigenvalue weighted by atomic mass is 10.1. The van der Waals surface area contributed by atoms with Gasteiger partial charge in [-0.25, -0.2) is 0 Å². The van der Waals surface area contributed by atoms with Crippen LogP contribution in [-0.2, 0) is 14.3 Å². The number of rotatable bonds is 7. The van der Waals surface area contributed by atoms with Crippen molar-refractivity contribution in [1.82, 2.24) is 0 Å². The maximum atomic E-state index is 11.3. The van der Waals surface area contributed by atoms with E-state index in [2.05, 4.69) is 0 Å². The molecule has 0 bridgehead atoms. The van der Waals surface area contributed by atoms with Crippen molar-refractivity contribution in [2.45, 2.75) is 31.8 Å². The van der Waals surface area contributed by atoms with Crippen molar-refractivity contribution in [3.63, 3.8) is 0 Å². The smallest absolute Gasteiger partial charge is 0.158 e. The summed E-state index contributed by atoms with van der Waals surface area (Å²) in [6.07, 6.45) is 3.92. The Balaban J connectivity index is 1.96. The van der Waals surface area contributed by atoms with E-state index >= 15 is 0 Å². The summed E-state index contributed by atoms with van der Waals surface area (Å²) in [5.74, 6) is 0.147. The van der Waals surface area contributed by atoms with E-state index in [1.54, 1.807) is 0 Å². The number of ether oxygens (including phenoxy) is 2. The fourth-order valence-corrected chi connectivity index (χ4v) is 1.54. The van der Waals surface area contributed by atoms with Gasteiger partial charge in [0.05, 0.1) is 12.7 Å². The zero-order chi connectivity index (χ0) is 10.2. The fraction of sp³-hybridized carbons (Fsp3) is 0.900. The Morgan fingerprint density at radius 1 is 1.57 bits per heavy atom. The lowest BCUT2D eigenvalue weighted by Gasteiger charge is -2.07. The molecule has 0 aromatic heterocycles. The van der Waals surface area contributed by atoms with Crippen LogP contribution in [0.5, 0.6) is 0 Å². The van der Waals surface area contributed by atoms with E-state index in [-0.39, 0.29) is 12.4 Å². The Bertz CT molecular complexity index is 167. The number of Topliss-reactive ketones (excluding diaryl/α,β-unsaturated/α-hetero) is 1. The topological polar surface area (TPSA) is 61.5 Å². The molecule has 0 amide bonds. The molecule has 0 saturated carbocycles. The molecule has 0 aromatic rings. The van der Waals surface area contributed by atoms with E-state index in [1.165, 1.54) is 0 Å². The average molecular weight is 201 g/mol. The van der Waals surface area contributed by atoms with Gasteiger partial charge >= 0.3 is 0 Å². The van der Waals surface area contributed by atoms with Crippen LogP contribution in [-0.4, -0.2) is 38.3 Å². The number of nitrogens with two attached hydrogens (primary N) is 1. The van der Waals surface area contributed by atoms with E-state index in [9.17, 15) is 4.79 Å². The Kier molecular flexibility index (Phi) is 5.75. The molecule has 2 N–H and O–H groups in total. The third-order valence-electron chi connectivity index (χ3n) is 2.29. The minimum Gasteiger partial charge on any atom is -0.378 e. The molecule has 1 unspecified atom stereocenters. The molecule has 1 aliphatic rings. The summed E-state index contributed by atoms with van der Waals surface area (Å²) < 4.78 is 10.5. The second-order valence-corrected chi connectivity index (χ2v) is 3.55. The molecule has 1 fully saturated rings. The van der Waals surface area contributed by atoms with Crippen molar-refractivity contribution < 1.29 is 14.3 Å². The predicted molar refractivity (Wildman–Crippen MR) is 53.1 cm³/mol. The van der Waals surface area contributed by atoms with Gasteiger partial charge in [-0.15, -0.1) is 0 Å². The lowest BCUT2D eigenvalue weighted by Crippen LogP contribution is -2.16. The zero-order valence-electron chi connectivity index (χ0n) is 8.54. The van der Waals surface area contributed by atoms with Gasteiger partial charge in [-0.3, -0.25) is 4.79 Å². The first kappa shape index (κ1) is 11.6. The standard InChI is InChI=1S/C10H19NO3/c11-5-7-13-8-9(12)3-4-10-2-1-6-14-10/h10H,1-8,11H2. The van der Waals surface area contributed by atoms with Crippen molar-refractivity contribution in [2.75, 3.05) is 26.4 Å². The minimum atomic E-state index is 0.147. The first-order chi connectivity index (χ1) is 6.83. The van der Waals surface area contributed by atoms with Gasteiger partial charge in [0.1, 0.15) is 6.61 Å².